The van der Waals surface area contributed by atoms with Gasteiger partial charge in [0.1, 0.15) is 0 Å². The lowest BCUT2D eigenvalue weighted by molar-refractivity contribution is -0.883. The Morgan fingerprint density at radius 1 is 1.10 bits per heavy atom. The predicted molar refractivity (Wildman–Crippen MR) is 106 cm³/mol. The molecule has 0 amide bonds. The number of piperazine rings is 1. The fourth-order valence-corrected chi connectivity index (χ4v) is 4.53. The summed E-state index contributed by atoms with van der Waals surface area (Å²) in [6, 6.07) is 10.5. The highest BCUT2D eigenvalue weighted by molar-refractivity contribution is 7.89. The molecule has 0 atom stereocenters. The average molecular weight is 422 g/mol. The van der Waals surface area contributed by atoms with Gasteiger partial charge in [-0.15, -0.1) is 0 Å². The summed E-state index contributed by atoms with van der Waals surface area (Å²) in [5.41, 5.74) is -0.419. The van der Waals surface area contributed by atoms with Crippen molar-refractivity contribution in [2.75, 3.05) is 39.8 Å². The van der Waals surface area contributed by atoms with Crippen LogP contribution in [0.3, 0.4) is 0 Å². The molecule has 2 aromatic carbocycles. The van der Waals surface area contributed by atoms with E-state index in [2.05, 4.69) is 0 Å². The molecular weight excluding hydrogens is 398 g/mol. The van der Waals surface area contributed by atoms with Gasteiger partial charge in [-0.05, 0) is 31.2 Å². The molecule has 10 heteroatoms. The normalized spacial score (nSPS) is 15.8. The highest BCUT2D eigenvalue weighted by Gasteiger charge is 2.31. The number of para-hydroxylation sites is 2. The number of sulfonamides is 1. The number of nitro benzene ring substituents is 1. The minimum atomic E-state index is -3.81. The van der Waals surface area contributed by atoms with Crippen molar-refractivity contribution in [3.63, 3.8) is 0 Å². The van der Waals surface area contributed by atoms with Gasteiger partial charge in [0.2, 0.25) is 15.8 Å². The Labute approximate surface area is 169 Å². The van der Waals surface area contributed by atoms with Crippen LogP contribution in [0.25, 0.3) is 0 Å². The Bertz CT molecular complexity index is 987. The summed E-state index contributed by atoms with van der Waals surface area (Å²) in [6.45, 7) is 4.36. The molecule has 1 saturated heterocycles. The van der Waals surface area contributed by atoms with Crippen molar-refractivity contribution in [3.8, 4) is 17.2 Å². The minimum absolute atomic E-state index is 0.0519. The molecule has 1 aliphatic heterocycles. The second-order valence-electron chi connectivity index (χ2n) is 6.73. The van der Waals surface area contributed by atoms with Crippen LogP contribution in [0.5, 0.6) is 17.2 Å². The largest absolute Gasteiger partial charge is 0.490 e. The lowest BCUT2D eigenvalue weighted by Crippen LogP contribution is -3.12. The third kappa shape index (κ3) is 4.66. The van der Waals surface area contributed by atoms with Gasteiger partial charge in [-0.25, -0.2) is 8.42 Å². The molecular formula is C19H24N3O6S+. The van der Waals surface area contributed by atoms with Gasteiger partial charge >= 0.3 is 5.69 Å². The average Bonchev–Trinajstić information content (AvgIpc) is 2.70. The van der Waals surface area contributed by atoms with Gasteiger partial charge in [0.15, 0.2) is 11.5 Å². The summed E-state index contributed by atoms with van der Waals surface area (Å²) < 4.78 is 38.4. The molecule has 0 spiro atoms. The molecule has 0 unspecified atom stereocenters. The van der Waals surface area contributed by atoms with Crippen LogP contribution >= 0.6 is 0 Å². The maximum atomic E-state index is 12.9. The van der Waals surface area contributed by atoms with Gasteiger partial charge < -0.3 is 14.4 Å². The highest BCUT2D eigenvalue weighted by Crippen LogP contribution is 2.37. The van der Waals surface area contributed by atoms with E-state index in [-0.39, 0.29) is 10.6 Å². The first-order valence-corrected chi connectivity index (χ1v) is 10.8. The van der Waals surface area contributed by atoms with Crippen LogP contribution in [0.15, 0.2) is 47.4 Å². The number of nitro groups is 1. The van der Waals surface area contributed by atoms with Crippen molar-refractivity contribution < 1.29 is 27.7 Å². The number of hydrogen-bond donors (Lipinski definition) is 1. The van der Waals surface area contributed by atoms with E-state index >= 15 is 0 Å². The van der Waals surface area contributed by atoms with E-state index in [1.807, 2.05) is 14.0 Å². The molecule has 0 bridgehead atoms. The van der Waals surface area contributed by atoms with E-state index < -0.39 is 20.6 Å². The third-order valence-corrected chi connectivity index (χ3v) is 6.60. The first kappa shape index (κ1) is 21.0. The lowest BCUT2D eigenvalue weighted by Gasteiger charge is -2.29. The number of likely N-dealkylation sites (N-methyl/N-ethyl adjacent to an activating group) is 1. The Hall–Kier alpha value is -2.69. The van der Waals surface area contributed by atoms with Crippen molar-refractivity contribution in [2.24, 2.45) is 0 Å². The summed E-state index contributed by atoms with van der Waals surface area (Å²) >= 11 is 0. The quantitative estimate of drug-likeness (QED) is 0.533. The zero-order chi connectivity index (χ0) is 21.0. The van der Waals surface area contributed by atoms with Gasteiger partial charge in [-0.1, -0.05) is 12.1 Å². The van der Waals surface area contributed by atoms with Crippen molar-refractivity contribution in [1.29, 1.82) is 0 Å². The molecule has 29 heavy (non-hydrogen) atoms. The molecule has 1 fully saturated rings. The van der Waals surface area contributed by atoms with E-state index in [0.29, 0.717) is 44.3 Å². The fraction of sp³-hybridized carbons (Fsp3) is 0.368. The van der Waals surface area contributed by atoms with Crippen LogP contribution in [-0.2, 0) is 10.0 Å². The summed E-state index contributed by atoms with van der Waals surface area (Å²) in [5.74, 6) is 0.708. The van der Waals surface area contributed by atoms with E-state index in [0.717, 1.165) is 6.07 Å². The Morgan fingerprint density at radius 3 is 2.38 bits per heavy atom. The smallest absolute Gasteiger partial charge is 0.312 e. The number of ether oxygens (including phenoxy) is 2. The molecule has 9 nitrogen and oxygen atoms in total. The van der Waals surface area contributed by atoms with E-state index in [9.17, 15) is 18.5 Å². The molecule has 3 rings (SSSR count). The maximum absolute atomic E-state index is 12.9. The molecule has 1 aliphatic rings. The molecule has 1 N–H and O–H groups in total. The third-order valence-electron chi connectivity index (χ3n) is 4.71. The monoisotopic (exact) mass is 422 g/mol. The molecule has 0 aliphatic carbocycles. The number of hydrogen-bond acceptors (Lipinski definition) is 6. The van der Waals surface area contributed by atoms with Gasteiger partial charge in [0.05, 0.1) is 49.7 Å². The first-order chi connectivity index (χ1) is 13.8. The van der Waals surface area contributed by atoms with E-state index in [1.54, 1.807) is 24.3 Å². The van der Waals surface area contributed by atoms with Crippen LogP contribution in [0.4, 0.5) is 5.69 Å². The molecule has 156 valence electrons. The Balaban J connectivity index is 1.93. The molecule has 0 aromatic heterocycles. The minimum Gasteiger partial charge on any atom is -0.490 e. The molecule has 1 heterocycles. The first-order valence-electron chi connectivity index (χ1n) is 9.32. The predicted octanol–water partition coefficient (Wildman–Crippen LogP) is 1.30. The van der Waals surface area contributed by atoms with Gasteiger partial charge in [0.25, 0.3) is 0 Å². The number of benzene rings is 2. The topological polar surface area (TPSA) is 103 Å². The highest BCUT2D eigenvalue weighted by atomic mass is 32.2. The van der Waals surface area contributed by atoms with E-state index in [4.69, 9.17) is 9.47 Å². The van der Waals surface area contributed by atoms with Crippen LogP contribution in [0.2, 0.25) is 0 Å². The molecule has 0 radical (unpaired) electrons. The Morgan fingerprint density at radius 2 is 1.76 bits per heavy atom. The van der Waals surface area contributed by atoms with Crippen LogP contribution in [0.1, 0.15) is 6.92 Å². The maximum Gasteiger partial charge on any atom is 0.312 e. The molecule has 0 saturated carbocycles. The number of rotatable bonds is 7. The molecule has 2 aromatic rings. The zero-order valence-electron chi connectivity index (χ0n) is 16.3. The van der Waals surface area contributed by atoms with E-state index in [1.165, 1.54) is 21.3 Å². The van der Waals surface area contributed by atoms with Gasteiger partial charge in [-0.3, -0.25) is 10.1 Å². The zero-order valence-corrected chi connectivity index (χ0v) is 17.1. The van der Waals surface area contributed by atoms with Crippen molar-refractivity contribution >= 4 is 15.7 Å². The van der Waals surface area contributed by atoms with Crippen molar-refractivity contribution in [1.82, 2.24) is 4.31 Å². The second-order valence-corrected chi connectivity index (χ2v) is 8.67. The SMILES string of the molecule is CCOc1ccccc1Oc1ccc(S(=O)(=O)N2CC[NH+](C)CC2)cc1[N+](=O)[O-]. The lowest BCUT2D eigenvalue weighted by atomic mass is 10.3. The number of nitrogens with zero attached hydrogens (tertiary/aromatic N) is 2. The fourth-order valence-electron chi connectivity index (χ4n) is 3.07. The van der Waals surface area contributed by atoms with Crippen LogP contribution in [-0.4, -0.2) is 57.5 Å². The van der Waals surface area contributed by atoms with Gasteiger partial charge in [-0.2, -0.15) is 4.31 Å². The van der Waals surface area contributed by atoms with Crippen LogP contribution in [0, 0.1) is 10.1 Å². The summed E-state index contributed by atoms with van der Waals surface area (Å²) in [5, 5.41) is 11.6. The standard InChI is InChI=1S/C19H23N3O6S/c1-3-27-18-6-4-5-7-19(18)28-17-9-8-15(14-16(17)22(23)24)29(25,26)21-12-10-20(2)11-13-21/h4-9,14H,3,10-13H2,1-2H3/p+1. The second kappa shape index (κ2) is 8.76. The number of quaternary nitrogens is 1. The van der Waals surface area contributed by atoms with Crippen LogP contribution < -0.4 is 14.4 Å². The Kier molecular flexibility index (Phi) is 6.36. The summed E-state index contributed by atoms with van der Waals surface area (Å²) in [7, 11) is -1.81. The van der Waals surface area contributed by atoms with Crippen molar-refractivity contribution in [3.05, 3.63) is 52.6 Å². The van der Waals surface area contributed by atoms with Crippen molar-refractivity contribution in [2.45, 2.75) is 11.8 Å². The summed E-state index contributed by atoms with van der Waals surface area (Å²) in [4.78, 5) is 12.1. The summed E-state index contributed by atoms with van der Waals surface area (Å²) in [6.07, 6.45) is 0. The van der Waals surface area contributed by atoms with Gasteiger partial charge in [0, 0.05) is 6.07 Å². The number of nitrogens with one attached hydrogen (secondary N) is 1.